The van der Waals surface area contributed by atoms with Gasteiger partial charge in [-0.2, -0.15) is 0 Å². The SMILES string of the molecule is CCCCCNC(=O)C(c1c(C)cccc1C)N(CCC)C(=O)CNC(=O)OC(C)(C)C. The van der Waals surface area contributed by atoms with Crippen LogP contribution in [0.25, 0.3) is 0 Å². The predicted molar refractivity (Wildman–Crippen MR) is 127 cm³/mol. The number of unbranched alkanes of at least 4 members (excludes halogenated alkanes) is 2. The maximum atomic E-state index is 13.3. The van der Waals surface area contributed by atoms with Gasteiger partial charge in [0, 0.05) is 13.1 Å². The molecule has 7 heteroatoms. The van der Waals surface area contributed by atoms with Gasteiger partial charge in [0.05, 0.1) is 0 Å². The molecular weight excluding hydrogens is 406 g/mol. The van der Waals surface area contributed by atoms with E-state index in [2.05, 4.69) is 17.6 Å². The molecule has 2 N–H and O–H groups in total. The Morgan fingerprint density at radius 3 is 2.16 bits per heavy atom. The molecule has 0 aliphatic carbocycles. The van der Waals surface area contributed by atoms with Crippen LogP contribution in [-0.2, 0) is 14.3 Å². The summed E-state index contributed by atoms with van der Waals surface area (Å²) in [4.78, 5) is 40.2. The second kappa shape index (κ2) is 13.1. The lowest BCUT2D eigenvalue weighted by molar-refractivity contribution is -0.140. The van der Waals surface area contributed by atoms with Crippen LogP contribution in [0.4, 0.5) is 4.79 Å². The maximum Gasteiger partial charge on any atom is 0.408 e. The number of benzene rings is 1. The predicted octanol–water partition coefficient (Wildman–Crippen LogP) is 4.41. The van der Waals surface area contributed by atoms with Crippen LogP contribution in [0.5, 0.6) is 0 Å². The number of rotatable bonds is 11. The topological polar surface area (TPSA) is 87.7 Å². The first-order chi connectivity index (χ1) is 15.0. The monoisotopic (exact) mass is 447 g/mol. The minimum absolute atomic E-state index is 0.197. The molecule has 1 aromatic rings. The maximum absolute atomic E-state index is 13.3. The van der Waals surface area contributed by atoms with Crippen molar-refractivity contribution in [3.63, 3.8) is 0 Å². The molecule has 0 bridgehead atoms. The second-order valence-corrected chi connectivity index (χ2v) is 9.15. The van der Waals surface area contributed by atoms with Gasteiger partial charge in [-0.15, -0.1) is 0 Å². The molecule has 180 valence electrons. The summed E-state index contributed by atoms with van der Waals surface area (Å²) >= 11 is 0. The summed E-state index contributed by atoms with van der Waals surface area (Å²) in [5, 5.41) is 5.54. The third-order valence-corrected chi connectivity index (χ3v) is 5.02. The Labute approximate surface area is 193 Å². The fraction of sp³-hybridized carbons (Fsp3) is 0.640. The van der Waals surface area contributed by atoms with Crippen LogP contribution < -0.4 is 10.6 Å². The number of nitrogens with one attached hydrogen (secondary N) is 2. The average molecular weight is 448 g/mol. The van der Waals surface area contributed by atoms with Gasteiger partial charge >= 0.3 is 6.09 Å². The summed E-state index contributed by atoms with van der Waals surface area (Å²) < 4.78 is 5.23. The number of amides is 3. The summed E-state index contributed by atoms with van der Waals surface area (Å²) in [6.07, 6.45) is 3.01. The zero-order valence-corrected chi connectivity index (χ0v) is 20.8. The van der Waals surface area contributed by atoms with Crippen molar-refractivity contribution in [3.8, 4) is 0 Å². The van der Waals surface area contributed by atoms with Gasteiger partial charge in [-0.3, -0.25) is 9.59 Å². The highest BCUT2D eigenvalue weighted by atomic mass is 16.6. The first kappa shape index (κ1) is 27.5. The zero-order valence-electron chi connectivity index (χ0n) is 20.8. The molecule has 0 aliphatic heterocycles. The van der Waals surface area contributed by atoms with Crippen LogP contribution in [0.15, 0.2) is 18.2 Å². The zero-order chi connectivity index (χ0) is 24.3. The van der Waals surface area contributed by atoms with Crippen LogP contribution in [0.3, 0.4) is 0 Å². The highest BCUT2D eigenvalue weighted by molar-refractivity contribution is 5.91. The standard InChI is InChI=1S/C25H41N3O4/c1-8-10-11-15-26-23(30)22(21-18(3)13-12-14-19(21)4)28(16-9-2)20(29)17-27-24(31)32-25(5,6)7/h12-14,22H,8-11,15-17H2,1-7H3,(H,26,30)(H,27,31). The van der Waals surface area contributed by atoms with Crippen LogP contribution in [0.2, 0.25) is 0 Å². The molecule has 1 unspecified atom stereocenters. The Hall–Kier alpha value is -2.57. The van der Waals surface area contributed by atoms with E-state index in [0.29, 0.717) is 19.5 Å². The number of aryl methyl sites for hydroxylation is 2. The quantitative estimate of drug-likeness (QED) is 0.492. The molecule has 0 saturated heterocycles. The molecule has 0 saturated carbocycles. The smallest absolute Gasteiger partial charge is 0.408 e. The molecule has 1 atom stereocenters. The summed E-state index contributed by atoms with van der Waals surface area (Å²) in [5.74, 6) is -0.522. The average Bonchev–Trinajstić information content (AvgIpc) is 2.69. The lowest BCUT2D eigenvalue weighted by atomic mass is 9.94. The minimum Gasteiger partial charge on any atom is -0.444 e. The fourth-order valence-electron chi connectivity index (χ4n) is 3.57. The van der Waals surface area contributed by atoms with Gasteiger partial charge in [-0.05, 0) is 64.2 Å². The van der Waals surface area contributed by atoms with Crippen LogP contribution >= 0.6 is 0 Å². The first-order valence-electron chi connectivity index (χ1n) is 11.6. The van der Waals surface area contributed by atoms with E-state index in [1.54, 1.807) is 25.7 Å². The minimum atomic E-state index is -0.759. The molecule has 0 heterocycles. The van der Waals surface area contributed by atoms with Crippen molar-refractivity contribution in [3.05, 3.63) is 34.9 Å². The van der Waals surface area contributed by atoms with Crippen LogP contribution in [0, 0.1) is 13.8 Å². The van der Waals surface area contributed by atoms with Gasteiger partial charge in [-0.25, -0.2) is 4.79 Å². The summed E-state index contributed by atoms with van der Waals surface area (Å²) in [5.41, 5.74) is 2.08. The molecule has 1 aromatic carbocycles. The number of carbonyl (C=O) groups is 3. The lowest BCUT2D eigenvalue weighted by Gasteiger charge is -2.33. The second-order valence-electron chi connectivity index (χ2n) is 9.15. The largest absolute Gasteiger partial charge is 0.444 e. The van der Waals surface area contributed by atoms with E-state index in [0.717, 1.165) is 36.0 Å². The van der Waals surface area contributed by atoms with Gasteiger partial charge in [0.1, 0.15) is 18.2 Å². The lowest BCUT2D eigenvalue weighted by Crippen LogP contribution is -2.48. The van der Waals surface area contributed by atoms with Crippen molar-refractivity contribution in [1.29, 1.82) is 0 Å². The number of hydrogen-bond acceptors (Lipinski definition) is 4. The summed E-state index contributed by atoms with van der Waals surface area (Å²) in [6, 6.07) is 5.09. The van der Waals surface area contributed by atoms with Gasteiger partial charge in [-0.1, -0.05) is 44.9 Å². The molecule has 0 aliphatic rings. The number of carbonyl (C=O) groups excluding carboxylic acids is 3. The molecule has 0 radical (unpaired) electrons. The molecule has 0 spiro atoms. The Morgan fingerprint density at radius 1 is 1.00 bits per heavy atom. The first-order valence-corrected chi connectivity index (χ1v) is 11.6. The number of ether oxygens (including phenoxy) is 1. The van der Waals surface area contributed by atoms with Crippen molar-refractivity contribution >= 4 is 17.9 Å². The molecule has 3 amide bonds. The highest BCUT2D eigenvalue weighted by Gasteiger charge is 2.33. The fourth-order valence-corrected chi connectivity index (χ4v) is 3.57. The van der Waals surface area contributed by atoms with Crippen molar-refractivity contribution < 1.29 is 19.1 Å². The number of alkyl carbamates (subject to hydrolysis) is 1. The Kier molecular flexibility index (Phi) is 11.2. The van der Waals surface area contributed by atoms with Crippen molar-refractivity contribution in [1.82, 2.24) is 15.5 Å². The van der Waals surface area contributed by atoms with Gasteiger partial charge in [0.25, 0.3) is 0 Å². The molecule has 1 rings (SSSR count). The van der Waals surface area contributed by atoms with Crippen molar-refractivity contribution in [2.24, 2.45) is 0 Å². The van der Waals surface area contributed by atoms with E-state index in [9.17, 15) is 14.4 Å². The van der Waals surface area contributed by atoms with E-state index in [1.807, 2.05) is 39.0 Å². The molecule has 32 heavy (non-hydrogen) atoms. The molecule has 0 aromatic heterocycles. The van der Waals surface area contributed by atoms with E-state index in [1.165, 1.54) is 0 Å². The third-order valence-electron chi connectivity index (χ3n) is 5.02. The molecule has 0 fully saturated rings. The summed E-state index contributed by atoms with van der Waals surface area (Å²) in [6.45, 7) is 14.0. The Morgan fingerprint density at radius 2 is 1.62 bits per heavy atom. The highest BCUT2D eigenvalue weighted by Crippen LogP contribution is 2.28. The third kappa shape index (κ3) is 8.89. The van der Waals surface area contributed by atoms with E-state index in [4.69, 9.17) is 4.74 Å². The normalized spacial score (nSPS) is 12.1. The van der Waals surface area contributed by atoms with Gasteiger partial charge in [0.2, 0.25) is 11.8 Å². The van der Waals surface area contributed by atoms with Crippen molar-refractivity contribution in [2.45, 2.75) is 85.8 Å². The molecule has 7 nitrogen and oxygen atoms in total. The Balaban J connectivity index is 3.16. The van der Waals surface area contributed by atoms with E-state index >= 15 is 0 Å². The van der Waals surface area contributed by atoms with Crippen molar-refractivity contribution in [2.75, 3.05) is 19.6 Å². The van der Waals surface area contributed by atoms with E-state index < -0.39 is 17.7 Å². The van der Waals surface area contributed by atoms with Gasteiger partial charge < -0.3 is 20.3 Å². The van der Waals surface area contributed by atoms with Crippen LogP contribution in [0.1, 0.15) is 83.0 Å². The summed E-state index contributed by atoms with van der Waals surface area (Å²) in [7, 11) is 0. The van der Waals surface area contributed by atoms with E-state index in [-0.39, 0.29) is 18.4 Å². The number of nitrogens with zero attached hydrogens (tertiary/aromatic N) is 1. The van der Waals surface area contributed by atoms with Gasteiger partial charge in [0.15, 0.2) is 0 Å². The number of hydrogen-bond donors (Lipinski definition) is 2. The van der Waals surface area contributed by atoms with Crippen LogP contribution in [-0.4, -0.2) is 48.0 Å². The Bertz CT molecular complexity index is 751. The molecular formula is C25H41N3O4.